The van der Waals surface area contributed by atoms with E-state index in [0.29, 0.717) is 6.54 Å². The Morgan fingerprint density at radius 1 is 1.30 bits per heavy atom. The van der Waals surface area contributed by atoms with E-state index in [4.69, 9.17) is 11.6 Å². The van der Waals surface area contributed by atoms with Crippen molar-refractivity contribution in [3.63, 3.8) is 0 Å². The molecule has 0 bridgehead atoms. The molecule has 0 radical (unpaired) electrons. The Balaban J connectivity index is 2.37. The Morgan fingerprint density at radius 3 is 2.70 bits per heavy atom. The van der Waals surface area contributed by atoms with Crippen LogP contribution >= 0.6 is 11.6 Å². The summed E-state index contributed by atoms with van der Waals surface area (Å²) < 4.78 is 38.4. The number of hydrogen-bond donors (Lipinski definition) is 0. The molecule has 0 aromatic carbocycles. The molecule has 20 heavy (non-hydrogen) atoms. The van der Waals surface area contributed by atoms with Gasteiger partial charge in [0.25, 0.3) is 0 Å². The summed E-state index contributed by atoms with van der Waals surface area (Å²) in [4.78, 5) is 9.21. The van der Waals surface area contributed by atoms with Crippen molar-refractivity contribution in [2.24, 2.45) is 0 Å². The second kappa shape index (κ2) is 6.16. The summed E-state index contributed by atoms with van der Waals surface area (Å²) in [5.41, 5.74) is -0.980. The molecule has 1 saturated heterocycles. The molecule has 0 amide bonds. The Bertz CT molecular complexity index is 465. The topological polar surface area (TPSA) is 29.0 Å². The number of rotatable bonds is 2. The van der Waals surface area contributed by atoms with Gasteiger partial charge in [-0.3, -0.25) is 0 Å². The van der Waals surface area contributed by atoms with Gasteiger partial charge in [0.2, 0.25) is 5.28 Å². The summed E-state index contributed by atoms with van der Waals surface area (Å²) in [6.07, 6.45) is 0.495. The molecular formula is C13H17ClF3N3. The standard InChI is InChI=1S/C13H17ClF3N3/c1-2-9-6-4-3-5-7-20(9)11-8-10(13(15,16)17)18-12(14)19-11/h8-9H,2-7H2,1H3. The Kier molecular flexibility index (Phi) is 4.73. The Labute approximate surface area is 121 Å². The van der Waals surface area contributed by atoms with Gasteiger partial charge in [0.1, 0.15) is 5.82 Å². The van der Waals surface area contributed by atoms with Gasteiger partial charge in [-0.15, -0.1) is 0 Å². The van der Waals surface area contributed by atoms with Crippen LogP contribution in [-0.4, -0.2) is 22.6 Å². The quantitative estimate of drug-likeness (QED) is 0.762. The molecule has 1 aliphatic heterocycles. The second-order valence-electron chi connectivity index (χ2n) is 4.98. The Hall–Kier alpha value is -1.04. The largest absolute Gasteiger partial charge is 0.433 e. The monoisotopic (exact) mass is 307 g/mol. The van der Waals surface area contributed by atoms with Crippen LogP contribution in [-0.2, 0) is 6.18 Å². The third kappa shape index (κ3) is 3.53. The van der Waals surface area contributed by atoms with E-state index < -0.39 is 11.9 Å². The third-order valence-corrected chi connectivity index (χ3v) is 3.79. The van der Waals surface area contributed by atoms with Crippen molar-refractivity contribution >= 4 is 17.4 Å². The summed E-state index contributed by atoms with van der Waals surface area (Å²) in [6.45, 7) is 2.75. The summed E-state index contributed by atoms with van der Waals surface area (Å²) in [6, 6.07) is 1.21. The summed E-state index contributed by atoms with van der Waals surface area (Å²) >= 11 is 5.66. The van der Waals surface area contributed by atoms with Crippen LogP contribution in [0, 0.1) is 0 Å². The van der Waals surface area contributed by atoms with Crippen molar-refractivity contribution in [2.45, 2.75) is 51.2 Å². The first-order valence-corrected chi connectivity index (χ1v) is 7.18. The molecule has 7 heteroatoms. The number of aromatic nitrogens is 2. The molecule has 1 aromatic rings. The van der Waals surface area contributed by atoms with E-state index in [-0.39, 0.29) is 17.1 Å². The van der Waals surface area contributed by atoms with Gasteiger partial charge in [-0.2, -0.15) is 13.2 Å². The van der Waals surface area contributed by atoms with Gasteiger partial charge in [-0.05, 0) is 30.9 Å². The van der Waals surface area contributed by atoms with Gasteiger partial charge < -0.3 is 4.90 Å². The van der Waals surface area contributed by atoms with E-state index in [2.05, 4.69) is 9.97 Å². The van der Waals surface area contributed by atoms with Gasteiger partial charge >= 0.3 is 6.18 Å². The van der Waals surface area contributed by atoms with Crippen molar-refractivity contribution in [1.29, 1.82) is 0 Å². The predicted octanol–water partition coefficient (Wildman–Crippen LogP) is 4.31. The highest BCUT2D eigenvalue weighted by Gasteiger charge is 2.34. The van der Waals surface area contributed by atoms with E-state index in [0.717, 1.165) is 38.2 Å². The van der Waals surface area contributed by atoms with Crippen LogP contribution in [0.1, 0.15) is 44.7 Å². The fraction of sp³-hybridized carbons (Fsp3) is 0.692. The van der Waals surface area contributed by atoms with E-state index in [9.17, 15) is 13.2 Å². The molecule has 1 atom stereocenters. The number of nitrogens with zero attached hydrogens (tertiary/aromatic N) is 3. The van der Waals surface area contributed by atoms with Crippen LogP contribution in [0.25, 0.3) is 0 Å². The summed E-state index contributed by atoms with van der Waals surface area (Å²) in [5.74, 6) is 0.283. The van der Waals surface area contributed by atoms with E-state index in [1.54, 1.807) is 0 Å². The zero-order chi connectivity index (χ0) is 14.8. The lowest BCUT2D eigenvalue weighted by atomic mass is 10.1. The van der Waals surface area contributed by atoms with Gasteiger partial charge in [0.05, 0.1) is 0 Å². The first-order valence-electron chi connectivity index (χ1n) is 6.80. The van der Waals surface area contributed by atoms with Crippen molar-refractivity contribution in [3.8, 4) is 0 Å². The number of anilines is 1. The second-order valence-corrected chi connectivity index (χ2v) is 5.32. The highest BCUT2D eigenvalue weighted by molar-refractivity contribution is 6.28. The average Bonchev–Trinajstić information content (AvgIpc) is 2.61. The molecule has 0 N–H and O–H groups in total. The summed E-state index contributed by atoms with van der Waals surface area (Å²) in [7, 11) is 0. The van der Waals surface area contributed by atoms with Crippen LogP contribution < -0.4 is 4.90 Å². The van der Waals surface area contributed by atoms with Crippen LogP contribution in [0.2, 0.25) is 5.28 Å². The number of halogens is 4. The SMILES string of the molecule is CCC1CCCCCN1c1cc(C(F)(F)F)nc(Cl)n1. The molecule has 3 nitrogen and oxygen atoms in total. The van der Waals surface area contributed by atoms with E-state index in [1.807, 2.05) is 11.8 Å². The minimum atomic E-state index is -4.51. The van der Waals surface area contributed by atoms with Crippen LogP contribution in [0.5, 0.6) is 0 Å². The van der Waals surface area contributed by atoms with E-state index in [1.165, 1.54) is 0 Å². The smallest absolute Gasteiger partial charge is 0.353 e. The van der Waals surface area contributed by atoms with Gasteiger partial charge in [0.15, 0.2) is 5.69 Å². The zero-order valence-electron chi connectivity index (χ0n) is 11.3. The maximum atomic E-state index is 12.8. The highest BCUT2D eigenvalue weighted by Crippen LogP contribution is 2.32. The Morgan fingerprint density at radius 2 is 2.05 bits per heavy atom. The average molecular weight is 308 g/mol. The molecule has 0 aliphatic carbocycles. The van der Waals surface area contributed by atoms with Gasteiger partial charge in [-0.25, -0.2) is 9.97 Å². The molecule has 2 heterocycles. The van der Waals surface area contributed by atoms with Crippen molar-refractivity contribution in [1.82, 2.24) is 9.97 Å². The first-order chi connectivity index (χ1) is 9.41. The van der Waals surface area contributed by atoms with Crippen molar-refractivity contribution < 1.29 is 13.2 Å². The molecular weight excluding hydrogens is 291 g/mol. The minimum Gasteiger partial charge on any atom is -0.353 e. The lowest BCUT2D eigenvalue weighted by Crippen LogP contribution is -2.35. The predicted molar refractivity (Wildman–Crippen MR) is 71.9 cm³/mol. The normalized spacial score (nSPS) is 20.9. The van der Waals surface area contributed by atoms with Crippen LogP contribution in [0.15, 0.2) is 6.07 Å². The fourth-order valence-electron chi connectivity index (χ4n) is 2.60. The van der Waals surface area contributed by atoms with Crippen LogP contribution in [0.3, 0.4) is 0 Å². The van der Waals surface area contributed by atoms with Gasteiger partial charge in [0, 0.05) is 18.7 Å². The molecule has 112 valence electrons. The molecule has 1 aliphatic rings. The lowest BCUT2D eigenvalue weighted by Gasteiger charge is -2.30. The molecule has 1 unspecified atom stereocenters. The number of alkyl halides is 3. The zero-order valence-corrected chi connectivity index (χ0v) is 12.0. The lowest BCUT2D eigenvalue weighted by molar-refractivity contribution is -0.141. The molecule has 0 saturated carbocycles. The highest BCUT2D eigenvalue weighted by atomic mass is 35.5. The van der Waals surface area contributed by atoms with E-state index >= 15 is 0 Å². The molecule has 1 fully saturated rings. The molecule has 2 rings (SSSR count). The molecule has 0 spiro atoms. The van der Waals surface area contributed by atoms with Gasteiger partial charge in [-0.1, -0.05) is 19.8 Å². The first kappa shape index (κ1) is 15.4. The maximum absolute atomic E-state index is 12.8. The van der Waals surface area contributed by atoms with Crippen LogP contribution in [0.4, 0.5) is 19.0 Å². The van der Waals surface area contributed by atoms with Crippen molar-refractivity contribution in [2.75, 3.05) is 11.4 Å². The van der Waals surface area contributed by atoms with Crippen molar-refractivity contribution in [3.05, 3.63) is 17.0 Å². The number of hydrogen-bond acceptors (Lipinski definition) is 3. The fourth-order valence-corrected chi connectivity index (χ4v) is 2.78. The molecule has 1 aromatic heterocycles. The third-order valence-electron chi connectivity index (χ3n) is 3.62. The summed E-state index contributed by atoms with van der Waals surface area (Å²) in [5, 5.41) is -0.353. The maximum Gasteiger partial charge on any atom is 0.433 e. The minimum absolute atomic E-state index is 0.213.